The van der Waals surface area contributed by atoms with Crippen LogP contribution in [0.15, 0.2) is 24.3 Å². The van der Waals surface area contributed by atoms with E-state index in [0.29, 0.717) is 36.4 Å². The van der Waals surface area contributed by atoms with Crippen molar-refractivity contribution in [2.75, 3.05) is 33.0 Å². The Morgan fingerprint density at radius 2 is 1.92 bits per heavy atom. The molecule has 26 heavy (non-hydrogen) atoms. The van der Waals surface area contributed by atoms with Gasteiger partial charge in [0, 0.05) is 31.8 Å². The largest absolute Gasteiger partial charge is 0.493 e. The summed E-state index contributed by atoms with van der Waals surface area (Å²) in [6, 6.07) is 7.69. The van der Waals surface area contributed by atoms with E-state index in [1.165, 1.54) is 0 Å². The Bertz CT molecular complexity index is 571. The molecular formula is C21H31NO4. The van der Waals surface area contributed by atoms with Gasteiger partial charge in [0.2, 0.25) is 0 Å². The summed E-state index contributed by atoms with van der Waals surface area (Å²) in [5.74, 6) is 1.56. The highest BCUT2D eigenvalue weighted by Gasteiger charge is 2.34. The highest BCUT2D eigenvalue weighted by atomic mass is 16.5. The lowest BCUT2D eigenvalue weighted by Crippen LogP contribution is -2.49. The average molecular weight is 361 g/mol. The maximum Gasteiger partial charge on any atom is 0.255 e. The monoisotopic (exact) mass is 361 g/mol. The van der Waals surface area contributed by atoms with Gasteiger partial charge < -0.3 is 19.5 Å². The predicted molar refractivity (Wildman–Crippen MR) is 101 cm³/mol. The molecule has 2 aliphatic heterocycles. The van der Waals surface area contributed by atoms with E-state index in [1.54, 1.807) is 0 Å². The molecule has 3 rings (SSSR count). The summed E-state index contributed by atoms with van der Waals surface area (Å²) in [6.07, 6.45) is 5.03. The first-order valence-electron chi connectivity index (χ1n) is 9.97. The smallest absolute Gasteiger partial charge is 0.255 e. The van der Waals surface area contributed by atoms with Gasteiger partial charge in [0.1, 0.15) is 5.75 Å². The second kappa shape index (κ2) is 9.93. The fraction of sp³-hybridized carbons (Fsp3) is 0.667. The SMILES string of the molecule is CCCCOc1ccccc1C(=O)N[C@@H]1CCOC[C@@H]1C1CCOCC1. The van der Waals surface area contributed by atoms with Crippen LogP contribution in [-0.4, -0.2) is 45.0 Å². The number of para-hydroxylation sites is 1. The van der Waals surface area contributed by atoms with Gasteiger partial charge in [0.05, 0.1) is 18.8 Å². The summed E-state index contributed by atoms with van der Waals surface area (Å²) in [4.78, 5) is 12.9. The first-order valence-corrected chi connectivity index (χ1v) is 9.97. The van der Waals surface area contributed by atoms with Crippen LogP contribution in [0.5, 0.6) is 5.75 Å². The summed E-state index contributed by atoms with van der Waals surface area (Å²) in [6.45, 7) is 5.84. The maximum absolute atomic E-state index is 12.9. The van der Waals surface area contributed by atoms with Crippen molar-refractivity contribution in [3.8, 4) is 5.75 Å². The van der Waals surface area contributed by atoms with Gasteiger partial charge in [0.15, 0.2) is 0 Å². The molecule has 0 spiro atoms. The number of hydrogen-bond donors (Lipinski definition) is 1. The molecule has 0 bridgehead atoms. The van der Waals surface area contributed by atoms with Crippen LogP contribution in [0, 0.1) is 11.8 Å². The molecule has 1 amide bonds. The minimum Gasteiger partial charge on any atom is -0.493 e. The third-order valence-corrected chi connectivity index (χ3v) is 5.48. The number of hydrogen-bond acceptors (Lipinski definition) is 4. The van der Waals surface area contributed by atoms with Crippen molar-refractivity contribution in [3.05, 3.63) is 29.8 Å². The average Bonchev–Trinajstić information content (AvgIpc) is 2.69. The highest BCUT2D eigenvalue weighted by Crippen LogP contribution is 2.31. The zero-order chi connectivity index (χ0) is 18.2. The Kier molecular flexibility index (Phi) is 7.32. The molecule has 1 aromatic carbocycles. The standard InChI is InChI=1S/C21H31NO4/c1-2-3-11-26-20-7-5-4-6-17(20)21(23)22-19-10-14-25-15-18(19)16-8-12-24-13-9-16/h4-7,16,18-19H,2-3,8-15H2,1H3,(H,22,23)/t18-,19-/m1/s1. The number of amides is 1. The Hall–Kier alpha value is -1.59. The molecule has 0 radical (unpaired) electrons. The van der Waals surface area contributed by atoms with E-state index in [-0.39, 0.29) is 11.9 Å². The molecule has 0 unspecified atom stereocenters. The molecular weight excluding hydrogens is 330 g/mol. The summed E-state index contributed by atoms with van der Waals surface area (Å²) in [5.41, 5.74) is 0.626. The fourth-order valence-corrected chi connectivity index (χ4v) is 3.90. The summed E-state index contributed by atoms with van der Waals surface area (Å²) in [5, 5.41) is 3.27. The molecule has 5 nitrogen and oxygen atoms in total. The molecule has 0 aromatic heterocycles. The second-order valence-electron chi connectivity index (χ2n) is 7.26. The van der Waals surface area contributed by atoms with Crippen molar-refractivity contribution in [1.29, 1.82) is 0 Å². The van der Waals surface area contributed by atoms with Crippen LogP contribution in [0.2, 0.25) is 0 Å². The Morgan fingerprint density at radius 3 is 2.73 bits per heavy atom. The first-order chi connectivity index (χ1) is 12.8. The van der Waals surface area contributed by atoms with E-state index in [0.717, 1.165) is 51.9 Å². The molecule has 2 aliphatic rings. The van der Waals surface area contributed by atoms with Crippen LogP contribution in [0.3, 0.4) is 0 Å². The Morgan fingerprint density at radius 1 is 1.15 bits per heavy atom. The van der Waals surface area contributed by atoms with Gasteiger partial charge >= 0.3 is 0 Å². The Balaban J connectivity index is 1.65. The van der Waals surface area contributed by atoms with Gasteiger partial charge in [-0.05, 0) is 43.7 Å². The summed E-state index contributed by atoms with van der Waals surface area (Å²) in [7, 11) is 0. The molecule has 2 saturated heterocycles. The molecule has 1 aromatic rings. The van der Waals surface area contributed by atoms with Crippen molar-refractivity contribution < 1.29 is 19.0 Å². The van der Waals surface area contributed by atoms with Crippen LogP contribution in [0.4, 0.5) is 0 Å². The van der Waals surface area contributed by atoms with E-state index < -0.39 is 0 Å². The van der Waals surface area contributed by atoms with E-state index in [2.05, 4.69) is 12.2 Å². The third kappa shape index (κ3) is 4.98. The molecule has 144 valence electrons. The number of unbranched alkanes of at least 4 members (excludes halogenated alkanes) is 1. The molecule has 5 heteroatoms. The minimum absolute atomic E-state index is 0.0407. The second-order valence-corrected chi connectivity index (χ2v) is 7.26. The van der Waals surface area contributed by atoms with Gasteiger partial charge in [-0.25, -0.2) is 0 Å². The number of carbonyl (C=O) groups excluding carboxylic acids is 1. The maximum atomic E-state index is 12.9. The fourth-order valence-electron chi connectivity index (χ4n) is 3.90. The molecule has 0 aliphatic carbocycles. The van der Waals surface area contributed by atoms with Crippen molar-refractivity contribution in [2.24, 2.45) is 11.8 Å². The number of benzene rings is 1. The van der Waals surface area contributed by atoms with Crippen molar-refractivity contribution >= 4 is 5.91 Å². The van der Waals surface area contributed by atoms with Gasteiger partial charge in [-0.3, -0.25) is 4.79 Å². The number of rotatable bonds is 7. The molecule has 2 fully saturated rings. The number of nitrogens with one attached hydrogen (secondary N) is 1. The van der Waals surface area contributed by atoms with Gasteiger partial charge in [-0.15, -0.1) is 0 Å². The normalized spacial score (nSPS) is 24.2. The summed E-state index contributed by atoms with van der Waals surface area (Å²) >= 11 is 0. The van der Waals surface area contributed by atoms with E-state index in [9.17, 15) is 4.79 Å². The van der Waals surface area contributed by atoms with E-state index in [4.69, 9.17) is 14.2 Å². The van der Waals surface area contributed by atoms with Crippen LogP contribution >= 0.6 is 0 Å². The van der Waals surface area contributed by atoms with Gasteiger partial charge in [-0.1, -0.05) is 25.5 Å². The van der Waals surface area contributed by atoms with Crippen molar-refractivity contribution in [2.45, 2.75) is 45.1 Å². The van der Waals surface area contributed by atoms with Crippen molar-refractivity contribution in [1.82, 2.24) is 5.32 Å². The lowest BCUT2D eigenvalue weighted by atomic mass is 9.79. The van der Waals surface area contributed by atoms with Crippen molar-refractivity contribution in [3.63, 3.8) is 0 Å². The molecule has 2 atom stereocenters. The lowest BCUT2D eigenvalue weighted by Gasteiger charge is -2.39. The van der Waals surface area contributed by atoms with Crippen LogP contribution in [-0.2, 0) is 9.47 Å². The molecule has 1 N–H and O–H groups in total. The zero-order valence-electron chi connectivity index (χ0n) is 15.7. The van der Waals surface area contributed by atoms with E-state index in [1.807, 2.05) is 24.3 Å². The van der Waals surface area contributed by atoms with Gasteiger partial charge in [0.25, 0.3) is 5.91 Å². The number of carbonyl (C=O) groups is 1. The third-order valence-electron chi connectivity index (χ3n) is 5.48. The lowest BCUT2D eigenvalue weighted by molar-refractivity contribution is -0.0259. The first kappa shape index (κ1) is 19.2. The number of ether oxygens (including phenoxy) is 3. The van der Waals surface area contributed by atoms with E-state index >= 15 is 0 Å². The summed E-state index contributed by atoms with van der Waals surface area (Å²) < 4.78 is 17.0. The van der Waals surface area contributed by atoms with Crippen LogP contribution in [0.1, 0.15) is 49.4 Å². The zero-order valence-corrected chi connectivity index (χ0v) is 15.7. The quantitative estimate of drug-likeness (QED) is 0.756. The molecule has 2 heterocycles. The molecule has 0 saturated carbocycles. The van der Waals surface area contributed by atoms with Gasteiger partial charge in [-0.2, -0.15) is 0 Å². The predicted octanol–water partition coefficient (Wildman–Crippen LogP) is 3.43. The highest BCUT2D eigenvalue weighted by molar-refractivity contribution is 5.97. The van der Waals surface area contributed by atoms with Crippen LogP contribution < -0.4 is 10.1 Å². The topological polar surface area (TPSA) is 56.8 Å². The Labute approximate surface area is 156 Å². The minimum atomic E-state index is -0.0407. The van der Waals surface area contributed by atoms with Crippen LogP contribution in [0.25, 0.3) is 0 Å².